The van der Waals surface area contributed by atoms with E-state index >= 15 is 0 Å². The predicted molar refractivity (Wildman–Crippen MR) is 65.6 cm³/mol. The van der Waals surface area contributed by atoms with Gasteiger partial charge in [0.05, 0.1) is 12.1 Å². The molecule has 1 aliphatic rings. The first-order chi connectivity index (χ1) is 8.06. The summed E-state index contributed by atoms with van der Waals surface area (Å²) in [7, 11) is 1.68. The Morgan fingerprint density at radius 3 is 2.59 bits per heavy atom. The summed E-state index contributed by atoms with van der Waals surface area (Å²) < 4.78 is 10.5. The molecule has 1 fully saturated rings. The van der Waals surface area contributed by atoms with Crippen molar-refractivity contribution in [3.63, 3.8) is 0 Å². The third-order valence-electron chi connectivity index (χ3n) is 3.01. The molecule has 1 amide bonds. The third kappa shape index (κ3) is 4.26. The van der Waals surface area contributed by atoms with Gasteiger partial charge in [0.2, 0.25) is 5.91 Å². The Balaban J connectivity index is 2.12. The zero-order chi connectivity index (χ0) is 12.8. The van der Waals surface area contributed by atoms with Crippen molar-refractivity contribution >= 4 is 5.91 Å². The molecule has 0 aromatic carbocycles. The number of amides is 1. The fourth-order valence-corrected chi connectivity index (χ4v) is 1.67. The molecule has 1 atom stereocenters. The van der Waals surface area contributed by atoms with Gasteiger partial charge < -0.3 is 20.1 Å². The molecular weight excluding hydrogens is 220 g/mol. The number of hydrogen-bond donors (Lipinski definition) is 1. The largest absolute Gasteiger partial charge is 0.385 e. The molecule has 0 unspecified atom stereocenters. The monoisotopic (exact) mass is 244 g/mol. The Morgan fingerprint density at radius 1 is 1.41 bits per heavy atom. The average molecular weight is 244 g/mol. The van der Waals surface area contributed by atoms with Gasteiger partial charge in [0.25, 0.3) is 0 Å². The summed E-state index contributed by atoms with van der Waals surface area (Å²) in [6.45, 7) is 6.67. The highest BCUT2D eigenvalue weighted by molar-refractivity contribution is 5.82. The van der Waals surface area contributed by atoms with E-state index in [0.29, 0.717) is 26.3 Å². The maximum Gasteiger partial charge on any atom is 0.239 e. The van der Waals surface area contributed by atoms with E-state index in [0.717, 1.165) is 6.42 Å². The van der Waals surface area contributed by atoms with Crippen molar-refractivity contribution in [3.05, 3.63) is 0 Å². The number of methoxy groups -OCH3 is 1. The lowest BCUT2D eigenvalue weighted by Crippen LogP contribution is -2.59. The van der Waals surface area contributed by atoms with E-state index < -0.39 is 0 Å². The van der Waals surface area contributed by atoms with Gasteiger partial charge in [-0.2, -0.15) is 0 Å². The highest BCUT2D eigenvalue weighted by Crippen LogP contribution is 2.15. The SMILES string of the molecule is COCCCOC1CN(C(=O)[C@@H](N)C(C)C)C1. The zero-order valence-corrected chi connectivity index (χ0v) is 11.0. The van der Waals surface area contributed by atoms with Gasteiger partial charge in [0.1, 0.15) is 0 Å². The molecule has 1 aliphatic heterocycles. The van der Waals surface area contributed by atoms with E-state index in [1.165, 1.54) is 0 Å². The molecule has 5 nitrogen and oxygen atoms in total. The first-order valence-corrected chi connectivity index (χ1v) is 6.21. The van der Waals surface area contributed by atoms with E-state index in [2.05, 4.69) is 0 Å². The minimum atomic E-state index is -0.385. The lowest BCUT2D eigenvalue weighted by Gasteiger charge is -2.40. The lowest BCUT2D eigenvalue weighted by atomic mass is 10.0. The number of nitrogens with two attached hydrogens (primary N) is 1. The number of carbonyl (C=O) groups is 1. The van der Waals surface area contributed by atoms with Crippen LogP contribution in [0.1, 0.15) is 20.3 Å². The summed E-state index contributed by atoms with van der Waals surface area (Å²) in [4.78, 5) is 13.6. The van der Waals surface area contributed by atoms with Gasteiger partial charge in [0.15, 0.2) is 0 Å². The second-order valence-corrected chi connectivity index (χ2v) is 4.85. The van der Waals surface area contributed by atoms with Gasteiger partial charge in [-0.1, -0.05) is 13.8 Å². The second-order valence-electron chi connectivity index (χ2n) is 4.85. The molecular formula is C12H24N2O3. The van der Waals surface area contributed by atoms with Gasteiger partial charge in [-0.3, -0.25) is 4.79 Å². The number of ether oxygens (including phenoxy) is 2. The topological polar surface area (TPSA) is 64.8 Å². The molecule has 0 bridgehead atoms. The van der Waals surface area contributed by atoms with Crippen molar-refractivity contribution in [3.8, 4) is 0 Å². The van der Waals surface area contributed by atoms with Crippen molar-refractivity contribution in [2.24, 2.45) is 11.7 Å². The molecule has 100 valence electrons. The highest BCUT2D eigenvalue weighted by atomic mass is 16.5. The second kappa shape index (κ2) is 6.93. The molecule has 5 heteroatoms. The minimum absolute atomic E-state index is 0.0386. The number of likely N-dealkylation sites (tertiary alicyclic amines) is 1. The zero-order valence-electron chi connectivity index (χ0n) is 11.0. The van der Waals surface area contributed by atoms with Crippen LogP contribution in [-0.4, -0.2) is 56.4 Å². The number of nitrogens with zero attached hydrogens (tertiary/aromatic N) is 1. The number of hydrogen-bond acceptors (Lipinski definition) is 4. The first-order valence-electron chi connectivity index (χ1n) is 6.21. The number of carbonyl (C=O) groups excluding carboxylic acids is 1. The summed E-state index contributed by atoms with van der Waals surface area (Å²) in [5, 5.41) is 0. The molecule has 0 aliphatic carbocycles. The maximum absolute atomic E-state index is 11.8. The van der Waals surface area contributed by atoms with Gasteiger partial charge in [-0.15, -0.1) is 0 Å². The van der Waals surface area contributed by atoms with E-state index in [-0.39, 0.29) is 24.0 Å². The van der Waals surface area contributed by atoms with Gasteiger partial charge >= 0.3 is 0 Å². The normalized spacial score (nSPS) is 18.3. The van der Waals surface area contributed by atoms with Crippen molar-refractivity contribution in [1.29, 1.82) is 0 Å². The lowest BCUT2D eigenvalue weighted by molar-refractivity contribution is -0.147. The van der Waals surface area contributed by atoms with Crippen molar-refractivity contribution in [2.75, 3.05) is 33.4 Å². The third-order valence-corrected chi connectivity index (χ3v) is 3.01. The molecule has 0 aromatic heterocycles. The Hall–Kier alpha value is -0.650. The Labute approximate surface area is 103 Å². The van der Waals surface area contributed by atoms with Crippen LogP contribution in [0.4, 0.5) is 0 Å². The van der Waals surface area contributed by atoms with Crippen LogP contribution in [0, 0.1) is 5.92 Å². The van der Waals surface area contributed by atoms with Crippen LogP contribution >= 0.6 is 0 Å². The quantitative estimate of drug-likeness (QED) is 0.651. The van der Waals surface area contributed by atoms with Gasteiger partial charge in [-0.05, 0) is 12.3 Å². The molecule has 1 rings (SSSR count). The fourth-order valence-electron chi connectivity index (χ4n) is 1.67. The van der Waals surface area contributed by atoms with Crippen molar-refractivity contribution < 1.29 is 14.3 Å². The van der Waals surface area contributed by atoms with Crippen LogP contribution in [0.5, 0.6) is 0 Å². The van der Waals surface area contributed by atoms with Crippen LogP contribution in [0.2, 0.25) is 0 Å². The van der Waals surface area contributed by atoms with Crippen molar-refractivity contribution in [2.45, 2.75) is 32.4 Å². The van der Waals surface area contributed by atoms with Crippen molar-refractivity contribution in [1.82, 2.24) is 4.90 Å². The summed E-state index contributed by atoms with van der Waals surface area (Å²) >= 11 is 0. The van der Waals surface area contributed by atoms with Crippen LogP contribution in [-0.2, 0) is 14.3 Å². The number of rotatable bonds is 7. The standard InChI is InChI=1S/C12H24N2O3/c1-9(2)11(13)12(15)14-7-10(8-14)17-6-4-5-16-3/h9-11H,4-8,13H2,1-3H3/t11-/m0/s1. The van der Waals surface area contributed by atoms with Crippen LogP contribution in [0.3, 0.4) is 0 Å². The summed E-state index contributed by atoms with van der Waals surface area (Å²) in [5.74, 6) is 0.223. The summed E-state index contributed by atoms with van der Waals surface area (Å²) in [5.41, 5.74) is 5.81. The Morgan fingerprint density at radius 2 is 2.06 bits per heavy atom. The molecule has 17 heavy (non-hydrogen) atoms. The molecule has 2 N–H and O–H groups in total. The summed E-state index contributed by atoms with van der Waals surface area (Å²) in [6, 6.07) is -0.385. The fraction of sp³-hybridized carbons (Fsp3) is 0.917. The predicted octanol–water partition coefficient (Wildman–Crippen LogP) is 0.234. The molecule has 0 spiro atoms. The smallest absolute Gasteiger partial charge is 0.239 e. The van der Waals surface area contributed by atoms with Crippen LogP contribution < -0.4 is 5.73 Å². The summed E-state index contributed by atoms with van der Waals surface area (Å²) in [6.07, 6.45) is 1.07. The van der Waals surface area contributed by atoms with E-state index in [1.54, 1.807) is 12.0 Å². The Bertz CT molecular complexity index is 240. The van der Waals surface area contributed by atoms with Gasteiger partial charge in [0, 0.05) is 33.4 Å². The molecule has 0 aromatic rings. The maximum atomic E-state index is 11.8. The van der Waals surface area contributed by atoms with Crippen LogP contribution in [0.15, 0.2) is 0 Å². The average Bonchev–Trinajstić information content (AvgIpc) is 2.24. The van der Waals surface area contributed by atoms with E-state index in [1.807, 2.05) is 13.8 Å². The highest BCUT2D eigenvalue weighted by Gasteiger charge is 2.34. The molecule has 0 saturated carbocycles. The van der Waals surface area contributed by atoms with E-state index in [9.17, 15) is 4.79 Å². The van der Waals surface area contributed by atoms with Crippen LogP contribution in [0.25, 0.3) is 0 Å². The van der Waals surface area contributed by atoms with E-state index in [4.69, 9.17) is 15.2 Å². The van der Waals surface area contributed by atoms with Gasteiger partial charge in [-0.25, -0.2) is 0 Å². The molecule has 1 heterocycles. The minimum Gasteiger partial charge on any atom is -0.385 e. The molecule has 0 radical (unpaired) electrons. The molecule has 1 saturated heterocycles. The first kappa shape index (κ1) is 14.4. The Kier molecular flexibility index (Phi) is 5.88.